The Balaban J connectivity index is 0.000000873. The van der Waals surface area contributed by atoms with Gasteiger partial charge in [0.15, 0.2) is 0 Å². The van der Waals surface area contributed by atoms with E-state index in [2.05, 4.69) is 15.9 Å². The van der Waals surface area contributed by atoms with Crippen molar-refractivity contribution in [1.82, 2.24) is 0 Å². The van der Waals surface area contributed by atoms with Crippen molar-refractivity contribution in [3.63, 3.8) is 0 Å². The van der Waals surface area contributed by atoms with E-state index < -0.39 is 5.41 Å². The number of nitrogens with zero attached hydrogens (tertiary/aromatic N) is 1. The summed E-state index contributed by atoms with van der Waals surface area (Å²) in [5.74, 6) is 0.420. The summed E-state index contributed by atoms with van der Waals surface area (Å²) in [6.07, 6.45) is 0. The summed E-state index contributed by atoms with van der Waals surface area (Å²) >= 11 is 2.45. The van der Waals surface area contributed by atoms with Crippen molar-refractivity contribution in [1.29, 1.82) is 5.26 Å². The van der Waals surface area contributed by atoms with Crippen molar-refractivity contribution in [3.8, 4) is 10.7 Å². The molecular weight excluding hydrogens is 294 g/mol. The third kappa shape index (κ3) is 5.83. The van der Waals surface area contributed by atoms with Crippen molar-refractivity contribution in [3.05, 3.63) is 29.3 Å². The minimum atomic E-state index is -0.460. The molecule has 0 atom stereocenters. The second kappa shape index (κ2) is 7.17. The molecule has 0 aliphatic rings. The van der Waals surface area contributed by atoms with E-state index in [4.69, 9.17) is 10.00 Å². The van der Waals surface area contributed by atoms with Gasteiger partial charge in [-0.05, 0) is 57.9 Å². The Bertz CT molecular complexity index is 456. The largest absolute Gasteiger partial charge is 0.426 e. The Morgan fingerprint density at radius 2 is 1.78 bits per heavy atom. The summed E-state index contributed by atoms with van der Waals surface area (Å²) in [5.41, 5.74) is 1.87. The lowest BCUT2D eigenvalue weighted by molar-refractivity contribution is -0.142. The van der Waals surface area contributed by atoms with E-state index in [1.54, 1.807) is 4.98 Å². The minimum Gasteiger partial charge on any atom is -0.426 e. The summed E-state index contributed by atoms with van der Waals surface area (Å²) < 4.78 is 5.28. The molecule has 1 aromatic carbocycles. The summed E-state index contributed by atoms with van der Waals surface area (Å²) in [7, 11) is 0. The van der Waals surface area contributed by atoms with Gasteiger partial charge in [0.1, 0.15) is 10.7 Å². The molecule has 0 saturated heterocycles. The molecule has 0 aliphatic carbocycles. The molecule has 0 heterocycles. The topological polar surface area (TPSA) is 50.1 Å². The summed E-state index contributed by atoms with van der Waals surface area (Å²) in [6.45, 7) is 9.57. The molecule has 0 N–H and O–H groups in total. The van der Waals surface area contributed by atoms with Gasteiger partial charge in [0.25, 0.3) is 0 Å². The van der Waals surface area contributed by atoms with Crippen molar-refractivity contribution in [2.24, 2.45) is 5.41 Å². The average molecular weight is 312 g/mol. The van der Waals surface area contributed by atoms with Crippen LogP contribution in [0, 0.1) is 29.5 Å². The van der Waals surface area contributed by atoms with Crippen molar-refractivity contribution >= 4 is 21.9 Å². The number of carbonyl (C=O) groups excluding carboxylic acids is 1. The highest BCUT2D eigenvalue weighted by Gasteiger charge is 2.23. The first kappa shape index (κ1) is 16.7. The minimum absolute atomic E-state index is 0.203. The first-order valence-corrected chi connectivity index (χ1v) is 6.31. The molecule has 0 bridgehead atoms. The lowest BCUT2D eigenvalue weighted by Crippen LogP contribution is -2.25. The highest BCUT2D eigenvalue weighted by molar-refractivity contribution is 9.12. The Morgan fingerprint density at radius 1 is 1.28 bits per heavy atom. The molecule has 0 radical (unpaired) electrons. The number of hydrogen-bond acceptors (Lipinski definition) is 3. The number of rotatable bonds is 1. The van der Waals surface area contributed by atoms with Crippen LogP contribution >= 0.6 is 15.9 Å². The lowest BCUT2D eigenvalue weighted by atomic mass is 9.97. The zero-order chi connectivity index (χ0) is 14.3. The molecule has 1 aromatic rings. The van der Waals surface area contributed by atoms with Crippen LogP contribution in [-0.4, -0.2) is 5.97 Å². The maximum absolute atomic E-state index is 11.6. The number of hydrogen-bond donors (Lipinski definition) is 0. The molecule has 18 heavy (non-hydrogen) atoms. The normalized spacial score (nSPS) is 9.83. The third-order valence-corrected chi connectivity index (χ3v) is 2.30. The first-order chi connectivity index (χ1) is 8.22. The number of carbonyl (C=O) groups is 1. The zero-order valence-corrected chi connectivity index (χ0v) is 13.0. The van der Waals surface area contributed by atoms with Gasteiger partial charge in [-0.25, -0.2) is 0 Å². The van der Waals surface area contributed by atoms with E-state index in [9.17, 15) is 4.79 Å². The van der Waals surface area contributed by atoms with Gasteiger partial charge >= 0.3 is 5.97 Å². The van der Waals surface area contributed by atoms with Crippen molar-refractivity contribution < 1.29 is 9.53 Å². The Hall–Kier alpha value is -1.34. The molecule has 0 amide bonds. The van der Waals surface area contributed by atoms with Gasteiger partial charge in [-0.1, -0.05) is 6.07 Å². The quantitative estimate of drug-likeness (QED) is 0.579. The number of benzene rings is 1. The second-order valence-corrected chi connectivity index (χ2v) is 5.32. The maximum atomic E-state index is 11.6. The summed E-state index contributed by atoms with van der Waals surface area (Å²) in [5, 5.41) is 7.24. The molecule has 0 aliphatic heterocycles. The number of ether oxygens (including phenoxy) is 1. The van der Waals surface area contributed by atoms with Crippen LogP contribution in [0.1, 0.15) is 31.9 Å². The SMILES string of the molecule is Cc1ccc(OC(=O)C(C)(C)C)cc1C.N#CBr. The smallest absolute Gasteiger partial charge is 0.316 e. The first-order valence-electron chi connectivity index (χ1n) is 5.51. The predicted molar refractivity (Wildman–Crippen MR) is 75.5 cm³/mol. The second-order valence-electron chi connectivity index (χ2n) is 4.97. The predicted octanol–water partition coefficient (Wildman–Crippen LogP) is 4.12. The van der Waals surface area contributed by atoms with Gasteiger partial charge in [0.05, 0.1) is 5.41 Å². The van der Waals surface area contributed by atoms with Gasteiger partial charge in [0, 0.05) is 15.9 Å². The Labute approximate surface area is 117 Å². The zero-order valence-electron chi connectivity index (χ0n) is 11.4. The molecule has 3 nitrogen and oxygen atoms in total. The van der Waals surface area contributed by atoms with E-state index in [0.717, 1.165) is 5.56 Å². The van der Waals surface area contributed by atoms with E-state index in [-0.39, 0.29) is 5.97 Å². The number of aryl methyl sites for hydroxylation is 2. The Kier molecular flexibility index (Phi) is 6.64. The fraction of sp³-hybridized carbons (Fsp3) is 0.429. The van der Waals surface area contributed by atoms with Crippen LogP contribution < -0.4 is 4.74 Å². The monoisotopic (exact) mass is 311 g/mol. The van der Waals surface area contributed by atoms with Crippen molar-refractivity contribution in [2.45, 2.75) is 34.6 Å². The molecule has 1 rings (SSSR count). The van der Waals surface area contributed by atoms with Crippen LogP contribution in [0.4, 0.5) is 0 Å². The van der Waals surface area contributed by atoms with Gasteiger partial charge in [-0.3, -0.25) is 4.79 Å². The number of nitriles is 1. The molecule has 0 spiro atoms. The molecule has 0 fully saturated rings. The molecule has 0 aromatic heterocycles. The van der Waals surface area contributed by atoms with E-state index in [0.29, 0.717) is 5.75 Å². The van der Waals surface area contributed by atoms with Crippen LogP contribution in [0.3, 0.4) is 0 Å². The van der Waals surface area contributed by atoms with Gasteiger partial charge in [-0.2, -0.15) is 5.26 Å². The third-order valence-electron chi connectivity index (χ3n) is 2.30. The van der Waals surface area contributed by atoms with E-state index in [1.807, 2.05) is 52.8 Å². The van der Waals surface area contributed by atoms with Gasteiger partial charge in [-0.15, -0.1) is 0 Å². The number of esters is 1. The van der Waals surface area contributed by atoms with E-state index in [1.165, 1.54) is 5.56 Å². The highest BCUT2D eigenvalue weighted by Crippen LogP contribution is 2.21. The average Bonchev–Trinajstić information content (AvgIpc) is 2.23. The standard InChI is InChI=1S/C13H18O2.CBrN/c1-9-6-7-11(8-10(9)2)15-12(14)13(3,4)5;2-1-3/h6-8H,1-5H3;. The molecule has 4 heteroatoms. The van der Waals surface area contributed by atoms with Gasteiger partial charge in [0.2, 0.25) is 0 Å². The van der Waals surface area contributed by atoms with Crippen LogP contribution in [0.2, 0.25) is 0 Å². The Morgan fingerprint density at radius 3 is 2.17 bits per heavy atom. The molecular formula is C14H18BrNO2. The van der Waals surface area contributed by atoms with Crippen molar-refractivity contribution in [2.75, 3.05) is 0 Å². The highest BCUT2D eigenvalue weighted by atomic mass is 79.9. The molecule has 98 valence electrons. The molecule has 0 saturated carbocycles. The summed E-state index contributed by atoms with van der Waals surface area (Å²) in [6, 6.07) is 5.67. The van der Waals surface area contributed by atoms with E-state index >= 15 is 0 Å². The maximum Gasteiger partial charge on any atom is 0.316 e. The van der Waals surface area contributed by atoms with Crippen LogP contribution in [-0.2, 0) is 4.79 Å². The van der Waals surface area contributed by atoms with Crippen LogP contribution in [0.25, 0.3) is 0 Å². The lowest BCUT2D eigenvalue weighted by Gasteiger charge is -2.16. The van der Waals surface area contributed by atoms with Crippen LogP contribution in [0.15, 0.2) is 18.2 Å². The summed E-state index contributed by atoms with van der Waals surface area (Å²) in [4.78, 5) is 13.2. The fourth-order valence-electron chi connectivity index (χ4n) is 1.04. The fourth-order valence-corrected chi connectivity index (χ4v) is 1.04. The van der Waals surface area contributed by atoms with Gasteiger partial charge < -0.3 is 4.74 Å². The van der Waals surface area contributed by atoms with Crippen LogP contribution in [0.5, 0.6) is 5.75 Å². The number of halogens is 1. The molecule has 0 unspecified atom stereocenters.